The van der Waals surface area contributed by atoms with Crippen LogP contribution >= 0.6 is 0 Å². The second kappa shape index (κ2) is 4.44. The SMILES string of the molecule is COc1ccc(C2(C)NCCCC2O)cc1. The summed E-state index contributed by atoms with van der Waals surface area (Å²) in [4.78, 5) is 0. The van der Waals surface area contributed by atoms with Crippen molar-refractivity contribution in [1.82, 2.24) is 5.32 Å². The van der Waals surface area contributed by atoms with Gasteiger partial charge in [0.05, 0.1) is 18.8 Å². The van der Waals surface area contributed by atoms with E-state index in [0.717, 1.165) is 30.7 Å². The highest BCUT2D eigenvalue weighted by Crippen LogP contribution is 2.31. The number of hydrogen-bond donors (Lipinski definition) is 2. The van der Waals surface area contributed by atoms with E-state index >= 15 is 0 Å². The molecule has 88 valence electrons. The van der Waals surface area contributed by atoms with Crippen LogP contribution in [0.4, 0.5) is 0 Å². The lowest BCUT2D eigenvalue weighted by molar-refractivity contribution is 0.0384. The first kappa shape index (κ1) is 11.4. The van der Waals surface area contributed by atoms with Gasteiger partial charge in [-0.1, -0.05) is 12.1 Å². The Morgan fingerprint density at radius 1 is 1.38 bits per heavy atom. The van der Waals surface area contributed by atoms with Crippen LogP contribution in [0.25, 0.3) is 0 Å². The minimum Gasteiger partial charge on any atom is -0.497 e. The van der Waals surface area contributed by atoms with E-state index in [0.29, 0.717) is 0 Å². The lowest BCUT2D eigenvalue weighted by Gasteiger charge is -2.40. The van der Waals surface area contributed by atoms with Gasteiger partial charge in [-0.15, -0.1) is 0 Å². The predicted molar refractivity (Wildman–Crippen MR) is 63.6 cm³/mol. The molecule has 0 amide bonds. The highest BCUT2D eigenvalue weighted by atomic mass is 16.5. The molecule has 1 aromatic carbocycles. The average molecular weight is 221 g/mol. The topological polar surface area (TPSA) is 41.5 Å². The molecule has 1 fully saturated rings. The summed E-state index contributed by atoms with van der Waals surface area (Å²) in [7, 11) is 1.66. The van der Waals surface area contributed by atoms with Crippen LogP contribution in [0.15, 0.2) is 24.3 Å². The van der Waals surface area contributed by atoms with E-state index in [-0.39, 0.29) is 11.6 Å². The Morgan fingerprint density at radius 3 is 2.62 bits per heavy atom. The molecule has 3 heteroatoms. The van der Waals surface area contributed by atoms with Gasteiger partial charge in [0, 0.05) is 0 Å². The molecule has 1 heterocycles. The molecule has 2 unspecified atom stereocenters. The third-order valence-electron chi connectivity index (χ3n) is 3.50. The standard InChI is InChI=1S/C13H19NO2/c1-13(12(15)4-3-9-14-13)10-5-7-11(16-2)8-6-10/h5-8,12,14-15H,3-4,9H2,1-2H3. The van der Waals surface area contributed by atoms with Crippen LogP contribution in [-0.4, -0.2) is 24.9 Å². The van der Waals surface area contributed by atoms with Gasteiger partial charge in [0.25, 0.3) is 0 Å². The number of benzene rings is 1. The molecule has 1 aliphatic rings. The largest absolute Gasteiger partial charge is 0.497 e. The van der Waals surface area contributed by atoms with Crippen LogP contribution in [0.1, 0.15) is 25.3 Å². The minimum absolute atomic E-state index is 0.324. The number of nitrogens with one attached hydrogen (secondary N) is 1. The second-order valence-electron chi connectivity index (χ2n) is 4.52. The number of hydrogen-bond acceptors (Lipinski definition) is 3. The van der Waals surface area contributed by atoms with Crippen molar-refractivity contribution in [1.29, 1.82) is 0 Å². The molecule has 16 heavy (non-hydrogen) atoms. The van der Waals surface area contributed by atoms with Gasteiger partial charge in [0.2, 0.25) is 0 Å². The molecule has 3 nitrogen and oxygen atoms in total. The van der Waals surface area contributed by atoms with Crippen LogP contribution in [0.5, 0.6) is 5.75 Å². The first-order valence-corrected chi connectivity index (χ1v) is 5.74. The van der Waals surface area contributed by atoms with Gasteiger partial charge in [-0.25, -0.2) is 0 Å². The first-order chi connectivity index (χ1) is 7.66. The molecule has 0 aromatic heterocycles. The summed E-state index contributed by atoms with van der Waals surface area (Å²) in [6.07, 6.45) is 1.57. The summed E-state index contributed by atoms with van der Waals surface area (Å²) in [6.45, 7) is 3.01. The molecule has 2 N–H and O–H groups in total. The van der Waals surface area contributed by atoms with Crippen molar-refractivity contribution in [3.8, 4) is 5.75 Å². The molecule has 0 radical (unpaired) electrons. The molecule has 1 saturated heterocycles. The molecule has 0 aliphatic carbocycles. The maximum Gasteiger partial charge on any atom is 0.118 e. The summed E-state index contributed by atoms with van der Waals surface area (Å²) in [5, 5.41) is 13.5. The van der Waals surface area contributed by atoms with Gasteiger partial charge in [-0.2, -0.15) is 0 Å². The number of piperidine rings is 1. The highest BCUT2D eigenvalue weighted by Gasteiger charge is 2.36. The van der Waals surface area contributed by atoms with Gasteiger partial charge in [-0.05, 0) is 44.0 Å². The zero-order valence-electron chi connectivity index (χ0n) is 9.86. The average Bonchev–Trinajstić information content (AvgIpc) is 2.33. The fourth-order valence-electron chi connectivity index (χ4n) is 2.28. The molecule has 1 aromatic rings. The maximum absolute atomic E-state index is 10.1. The smallest absolute Gasteiger partial charge is 0.118 e. The third-order valence-corrected chi connectivity index (χ3v) is 3.50. The third kappa shape index (κ3) is 1.93. The minimum atomic E-state index is -0.329. The Balaban J connectivity index is 2.26. The number of aliphatic hydroxyl groups is 1. The van der Waals surface area contributed by atoms with E-state index in [2.05, 4.69) is 12.2 Å². The molecular weight excluding hydrogens is 202 g/mol. The molecule has 0 spiro atoms. The number of methoxy groups -OCH3 is 1. The molecular formula is C13H19NO2. The zero-order chi connectivity index (χ0) is 11.6. The molecule has 0 bridgehead atoms. The van der Waals surface area contributed by atoms with E-state index in [1.54, 1.807) is 7.11 Å². The van der Waals surface area contributed by atoms with Crippen molar-refractivity contribution in [2.45, 2.75) is 31.4 Å². The van der Waals surface area contributed by atoms with Crippen molar-refractivity contribution in [2.24, 2.45) is 0 Å². The highest BCUT2D eigenvalue weighted by molar-refractivity contribution is 5.32. The van der Waals surface area contributed by atoms with E-state index in [4.69, 9.17) is 4.74 Å². The molecule has 2 rings (SSSR count). The normalized spacial score (nSPS) is 30.1. The molecule has 1 aliphatic heterocycles. The van der Waals surface area contributed by atoms with E-state index < -0.39 is 0 Å². The Morgan fingerprint density at radius 2 is 2.06 bits per heavy atom. The van der Waals surface area contributed by atoms with Crippen LogP contribution in [0.3, 0.4) is 0 Å². The summed E-state index contributed by atoms with van der Waals surface area (Å²) in [5.41, 5.74) is 0.783. The van der Waals surface area contributed by atoms with Crippen LogP contribution in [0.2, 0.25) is 0 Å². The number of aliphatic hydroxyl groups excluding tert-OH is 1. The van der Waals surface area contributed by atoms with Gasteiger partial charge < -0.3 is 15.2 Å². The zero-order valence-corrected chi connectivity index (χ0v) is 9.86. The second-order valence-corrected chi connectivity index (χ2v) is 4.52. The van der Waals surface area contributed by atoms with Crippen molar-refractivity contribution in [2.75, 3.05) is 13.7 Å². The molecule has 2 atom stereocenters. The van der Waals surface area contributed by atoms with Gasteiger partial charge >= 0.3 is 0 Å². The van der Waals surface area contributed by atoms with Crippen LogP contribution in [0, 0.1) is 0 Å². The lowest BCUT2D eigenvalue weighted by atomic mass is 9.81. The quantitative estimate of drug-likeness (QED) is 0.798. The van der Waals surface area contributed by atoms with Crippen molar-refractivity contribution < 1.29 is 9.84 Å². The summed E-state index contributed by atoms with van der Waals surface area (Å²) < 4.78 is 5.13. The van der Waals surface area contributed by atoms with Gasteiger partial charge in [0.1, 0.15) is 5.75 Å². The monoisotopic (exact) mass is 221 g/mol. The van der Waals surface area contributed by atoms with Crippen LogP contribution in [-0.2, 0) is 5.54 Å². The Labute approximate surface area is 96.4 Å². The van der Waals surface area contributed by atoms with E-state index in [9.17, 15) is 5.11 Å². The maximum atomic E-state index is 10.1. The fourth-order valence-corrected chi connectivity index (χ4v) is 2.28. The van der Waals surface area contributed by atoms with E-state index in [1.165, 1.54) is 0 Å². The summed E-state index contributed by atoms with van der Waals surface area (Å²) >= 11 is 0. The van der Waals surface area contributed by atoms with Crippen molar-refractivity contribution >= 4 is 0 Å². The van der Waals surface area contributed by atoms with Gasteiger partial charge in [0.15, 0.2) is 0 Å². The summed E-state index contributed by atoms with van der Waals surface area (Å²) in [5.74, 6) is 0.845. The fraction of sp³-hybridized carbons (Fsp3) is 0.538. The first-order valence-electron chi connectivity index (χ1n) is 5.74. The Bertz CT molecular complexity index is 349. The Hall–Kier alpha value is -1.06. The van der Waals surface area contributed by atoms with E-state index in [1.807, 2.05) is 24.3 Å². The number of ether oxygens (including phenoxy) is 1. The summed E-state index contributed by atoms with van der Waals surface area (Å²) in [6, 6.07) is 7.90. The molecule has 0 saturated carbocycles. The lowest BCUT2D eigenvalue weighted by Crippen LogP contribution is -2.53. The van der Waals surface area contributed by atoms with Crippen LogP contribution < -0.4 is 10.1 Å². The van der Waals surface area contributed by atoms with Gasteiger partial charge in [-0.3, -0.25) is 0 Å². The Kier molecular flexibility index (Phi) is 3.17. The number of rotatable bonds is 2. The van der Waals surface area contributed by atoms with Crippen molar-refractivity contribution in [3.05, 3.63) is 29.8 Å². The van der Waals surface area contributed by atoms with Crippen molar-refractivity contribution in [3.63, 3.8) is 0 Å². The predicted octanol–water partition coefficient (Wildman–Crippen LogP) is 1.65.